The van der Waals surface area contributed by atoms with E-state index < -0.39 is 0 Å². The molecule has 0 saturated heterocycles. The van der Waals surface area contributed by atoms with Crippen molar-refractivity contribution in [2.75, 3.05) is 18.9 Å². The second-order valence-electron chi connectivity index (χ2n) is 2.94. The molecule has 0 amide bonds. The monoisotopic (exact) mass is 183 g/mol. The largest absolute Gasteiger partial charge is 0.381 e. The summed E-state index contributed by atoms with van der Waals surface area (Å²) in [6, 6.07) is 0. The second kappa shape index (κ2) is 5.59. The third-order valence-corrected chi connectivity index (χ3v) is 1.78. The number of imidazole rings is 1. The van der Waals surface area contributed by atoms with Gasteiger partial charge in [-0.2, -0.15) is 0 Å². The van der Waals surface area contributed by atoms with Crippen molar-refractivity contribution < 1.29 is 4.74 Å². The molecule has 0 spiro atoms. The molecular weight excluding hydrogens is 166 g/mol. The summed E-state index contributed by atoms with van der Waals surface area (Å²) < 4.78 is 7.27. The van der Waals surface area contributed by atoms with Crippen LogP contribution in [0.25, 0.3) is 0 Å². The summed E-state index contributed by atoms with van der Waals surface area (Å²) >= 11 is 0. The third kappa shape index (κ3) is 3.46. The highest BCUT2D eigenvalue weighted by molar-refractivity contribution is 5.16. The molecule has 0 bridgehead atoms. The minimum Gasteiger partial charge on any atom is -0.381 e. The molecule has 13 heavy (non-hydrogen) atoms. The molecule has 0 aromatic carbocycles. The standard InChI is InChI=1S/C9H17N3O/c1-2-7-13-8-3-5-12-6-4-11-9(12)10/h4,6H,2-3,5,7-8H2,1H3,(H2,10,11). The lowest BCUT2D eigenvalue weighted by Gasteiger charge is -2.04. The molecule has 0 fully saturated rings. The van der Waals surface area contributed by atoms with E-state index in [-0.39, 0.29) is 0 Å². The smallest absolute Gasteiger partial charge is 0.200 e. The maximum Gasteiger partial charge on any atom is 0.200 e. The summed E-state index contributed by atoms with van der Waals surface area (Å²) in [4.78, 5) is 3.93. The molecule has 0 saturated carbocycles. The Morgan fingerprint density at radius 1 is 1.54 bits per heavy atom. The van der Waals surface area contributed by atoms with E-state index in [1.165, 1.54) is 0 Å². The maximum absolute atomic E-state index is 5.59. The van der Waals surface area contributed by atoms with Crippen LogP contribution in [-0.4, -0.2) is 22.8 Å². The van der Waals surface area contributed by atoms with Crippen LogP contribution in [0.2, 0.25) is 0 Å². The van der Waals surface area contributed by atoms with Crippen LogP contribution in [0.5, 0.6) is 0 Å². The van der Waals surface area contributed by atoms with Crippen molar-refractivity contribution in [2.24, 2.45) is 0 Å². The molecule has 2 N–H and O–H groups in total. The van der Waals surface area contributed by atoms with Crippen LogP contribution in [-0.2, 0) is 11.3 Å². The molecule has 1 aromatic heterocycles. The average Bonchev–Trinajstić information content (AvgIpc) is 2.52. The van der Waals surface area contributed by atoms with Crippen molar-refractivity contribution in [2.45, 2.75) is 26.3 Å². The van der Waals surface area contributed by atoms with Crippen LogP contribution in [0, 0.1) is 0 Å². The number of rotatable bonds is 6. The number of ether oxygens (including phenoxy) is 1. The Kier molecular flexibility index (Phi) is 4.32. The highest BCUT2D eigenvalue weighted by Gasteiger charge is 1.96. The Morgan fingerprint density at radius 2 is 2.38 bits per heavy atom. The van der Waals surface area contributed by atoms with E-state index in [1.807, 2.05) is 10.8 Å². The van der Waals surface area contributed by atoms with Gasteiger partial charge in [-0.15, -0.1) is 0 Å². The zero-order valence-electron chi connectivity index (χ0n) is 8.07. The Morgan fingerprint density at radius 3 is 3.00 bits per heavy atom. The van der Waals surface area contributed by atoms with Crippen molar-refractivity contribution >= 4 is 5.95 Å². The number of nitrogens with two attached hydrogens (primary N) is 1. The van der Waals surface area contributed by atoms with E-state index in [9.17, 15) is 0 Å². The van der Waals surface area contributed by atoms with Gasteiger partial charge in [0.15, 0.2) is 5.95 Å². The molecule has 1 aromatic rings. The van der Waals surface area contributed by atoms with Gasteiger partial charge in [-0.25, -0.2) is 4.98 Å². The van der Waals surface area contributed by atoms with Gasteiger partial charge in [0, 0.05) is 32.2 Å². The lowest BCUT2D eigenvalue weighted by atomic mass is 10.4. The number of nitrogens with zero attached hydrogens (tertiary/aromatic N) is 2. The molecule has 0 aliphatic carbocycles. The molecule has 1 rings (SSSR count). The normalized spacial score (nSPS) is 10.5. The van der Waals surface area contributed by atoms with Crippen LogP contribution < -0.4 is 5.73 Å². The summed E-state index contributed by atoms with van der Waals surface area (Å²) in [6.45, 7) is 4.63. The minimum absolute atomic E-state index is 0.579. The van der Waals surface area contributed by atoms with Gasteiger partial charge >= 0.3 is 0 Å². The van der Waals surface area contributed by atoms with E-state index in [2.05, 4.69) is 11.9 Å². The molecule has 0 unspecified atom stereocenters. The maximum atomic E-state index is 5.59. The van der Waals surface area contributed by atoms with Gasteiger partial charge in [0.1, 0.15) is 0 Å². The van der Waals surface area contributed by atoms with Crippen LogP contribution in [0.15, 0.2) is 12.4 Å². The van der Waals surface area contributed by atoms with E-state index in [1.54, 1.807) is 6.20 Å². The van der Waals surface area contributed by atoms with Crippen molar-refractivity contribution in [3.05, 3.63) is 12.4 Å². The Bertz CT molecular complexity index is 235. The topological polar surface area (TPSA) is 53.1 Å². The molecule has 1 heterocycles. The van der Waals surface area contributed by atoms with Gasteiger partial charge in [0.25, 0.3) is 0 Å². The van der Waals surface area contributed by atoms with E-state index >= 15 is 0 Å². The summed E-state index contributed by atoms with van der Waals surface area (Å²) in [5, 5.41) is 0. The zero-order valence-corrected chi connectivity index (χ0v) is 8.07. The lowest BCUT2D eigenvalue weighted by Crippen LogP contribution is -2.05. The number of hydrogen-bond donors (Lipinski definition) is 1. The van der Waals surface area contributed by atoms with Crippen molar-refractivity contribution in [1.82, 2.24) is 9.55 Å². The number of hydrogen-bond acceptors (Lipinski definition) is 3. The van der Waals surface area contributed by atoms with Crippen LogP contribution in [0.1, 0.15) is 19.8 Å². The Hall–Kier alpha value is -1.03. The molecule has 0 aliphatic heterocycles. The van der Waals surface area contributed by atoms with Crippen LogP contribution >= 0.6 is 0 Å². The van der Waals surface area contributed by atoms with Crippen molar-refractivity contribution in [3.8, 4) is 0 Å². The third-order valence-electron chi connectivity index (χ3n) is 1.78. The number of anilines is 1. The second-order valence-corrected chi connectivity index (χ2v) is 2.94. The van der Waals surface area contributed by atoms with Crippen LogP contribution in [0.3, 0.4) is 0 Å². The first-order valence-electron chi connectivity index (χ1n) is 4.69. The van der Waals surface area contributed by atoms with E-state index in [0.29, 0.717) is 5.95 Å². The fourth-order valence-corrected chi connectivity index (χ4v) is 1.11. The van der Waals surface area contributed by atoms with Gasteiger partial charge in [-0.1, -0.05) is 6.92 Å². The zero-order chi connectivity index (χ0) is 9.52. The predicted octanol–water partition coefficient (Wildman–Crippen LogP) is 1.28. The summed E-state index contributed by atoms with van der Waals surface area (Å²) in [5.74, 6) is 0.579. The first kappa shape index (κ1) is 10.1. The number of aromatic nitrogens is 2. The fraction of sp³-hybridized carbons (Fsp3) is 0.667. The van der Waals surface area contributed by atoms with Gasteiger partial charge in [0.05, 0.1) is 0 Å². The Labute approximate surface area is 78.7 Å². The molecule has 4 nitrogen and oxygen atoms in total. The van der Waals surface area contributed by atoms with Gasteiger partial charge < -0.3 is 15.0 Å². The van der Waals surface area contributed by atoms with Crippen molar-refractivity contribution in [3.63, 3.8) is 0 Å². The summed E-state index contributed by atoms with van der Waals surface area (Å²) in [5.41, 5.74) is 5.59. The highest BCUT2D eigenvalue weighted by atomic mass is 16.5. The molecule has 0 aliphatic rings. The quantitative estimate of drug-likeness (QED) is 0.676. The van der Waals surface area contributed by atoms with Gasteiger partial charge in [0.2, 0.25) is 0 Å². The predicted molar refractivity (Wildman–Crippen MR) is 52.4 cm³/mol. The molecular formula is C9H17N3O. The van der Waals surface area contributed by atoms with Crippen molar-refractivity contribution in [1.29, 1.82) is 0 Å². The van der Waals surface area contributed by atoms with E-state index in [0.717, 1.165) is 32.6 Å². The molecule has 0 atom stereocenters. The first-order chi connectivity index (χ1) is 6.34. The van der Waals surface area contributed by atoms with Crippen LogP contribution in [0.4, 0.5) is 5.95 Å². The first-order valence-corrected chi connectivity index (χ1v) is 4.69. The SMILES string of the molecule is CCCOCCCn1ccnc1N. The van der Waals surface area contributed by atoms with Gasteiger partial charge in [-0.05, 0) is 12.8 Å². The fourth-order valence-electron chi connectivity index (χ4n) is 1.11. The number of aryl methyl sites for hydroxylation is 1. The highest BCUT2D eigenvalue weighted by Crippen LogP contribution is 1.99. The molecule has 74 valence electrons. The van der Waals surface area contributed by atoms with E-state index in [4.69, 9.17) is 10.5 Å². The summed E-state index contributed by atoms with van der Waals surface area (Å²) in [6.07, 6.45) is 5.66. The lowest BCUT2D eigenvalue weighted by molar-refractivity contribution is 0.129. The number of nitrogen functional groups attached to an aromatic ring is 1. The van der Waals surface area contributed by atoms with Gasteiger partial charge in [-0.3, -0.25) is 0 Å². The molecule has 0 radical (unpaired) electrons. The average molecular weight is 183 g/mol. The minimum atomic E-state index is 0.579. The molecule has 4 heteroatoms. The summed E-state index contributed by atoms with van der Waals surface area (Å²) in [7, 11) is 0. The Balaban J connectivity index is 2.10.